The Morgan fingerprint density at radius 2 is 1.83 bits per heavy atom. The lowest BCUT2D eigenvalue weighted by Crippen LogP contribution is -2.43. The molecule has 0 aromatic rings. The quantitative estimate of drug-likeness (QED) is 0.584. The van der Waals surface area contributed by atoms with Gasteiger partial charge in [-0.15, -0.1) is 0 Å². The summed E-state index contributed by atoms with van der Waals surface area (Å²) in [5.74, 6) is -0.938. The number of hydrogen-bond acceptors (Lipinski definition) is 3. The molecule has 3 N–H and O–H groups in total. The van der Waals surface area contributed by atoms with Crippen LogP contribution in [0.1, 0.15) is 47.0 Å². The molecule has 0 spiro atoms. The van der Waals surface area contributed by atoms with Gasteiger partial charge in [0.2, 0.25) is 5.91 Å². The fraction of sp³-hybridized carbons (Fsp3) is 0.846. The third kappa shape index (κ3) is 8.06. The predicted molar refractivity (Wildman–Crippen MR) is 71.4 cm³/mol. The van der Waals surface area contributed by atoms with Crippen LogP contribution in [0.25, 0.3) is 0 Å². The van der Waals surface area contributed by atoms with Crippen LogP contribution in [0.5, 0.6) is 0 Å². The number of hydrogen-bond donors (Lipinski definition) is 3. The average molecular weight is 258 g/mol. The van der Waals surface area contributed by atoms with Crippen LogP contribution in [0.3, 0.4) is 0 Å². The minimum atomic E-state index is -0.966. The van der Waals surface area contributed by atoms with E-state index in [1.165, 1.54) is 0 Å². The maximum absolute atomic E-state index is 11.7. The van der Waals surface area contributed by atoms with Crippen molar-refractivity contribution in [2.75, 3.05) is 6.54 Å². The van der Waals surface area contributed by atoms with E-state index in [1.807, 2.05) is 20.8 Å². The van der Waals surface area contributed by atoms with E-state index in [0.717, 1.165) is 13.0 Å². The second kappa shape index (κ2) is 8.91. The molecule has 0 aliphatic heterocycles. The molecule has 0 aliphatic rings. The van der Waals surface area contributed by atoms with Gasteiger partial charge in [0, 0.05) is 12.5 Å². The Kier molecular flexibility index (Phi) is 8.37. The monoisotopic (exact) mass is 258 g/mol. The predicted octanol–water partition coefficient (Wildman–Crippen LogP) is 1.38. The standard InChI is InChI=1S/C13H26N2O3/c1-5-6-14-10(4)8-12(16)15-11(13(17)18)7-9(2)3/h9-11,14H,5-8H2,1-4H3,(H,15,16)(H,17,18)/t10?,11-/m0/s1. The fourth-order valence-electron chi connectivity index (χ4n) is 1.69. The number of carbonyl (C=O) groups excluding carboxylic acids is 1. The van der Waals surface area contributed by atoms with Crippen molar-refractivity contribution in [3.63, 3.8) is 0 Å². The van der Waals surface area contributed by atoms with Gasteiger partial charge in [0.05, 0.1) is 0 Å². The summed E-state index contributed by atoms with van der Waals surface area (Å²) in [6.45, 7) is 8.72. The van der Waals surface area contributed by atoms with Gasteiger partial charge in [-0.2, -0.15) is 0 Å². The van der Waals surface area contributed by atoms with Crippen LogP contribution in [0, 0.1) is 5.92 Å². The molecule has 0 aromatic carbocycles. The molecule has 0 radical (unpaired) electrons. The molecule has 0 aromatic heterocycles. The summed E-state index contributed by atoms with van der Waals surface area (Å²) in [6, 6.07) is -0.714. The summed E-state index contributed by atoms with van der Waals surface area (Å²) < 4.78 is 0. The summed E-state index contributed by atoms with van der Waals surface area (Å²) in [6.07, 6.45) is 1.77. The van der Waals surface area contributed by atoms with Gasteiger partial charge >= 0.3 is 5.97 Å². The third-order valence-electron chi connectivity index (χ3n) is 2.57. The summed E-state index contributed by atoms with van der Waals surface area (Å²) in [5.41, 5.74) is 0. The molecule has 18 heavy (non-hydrogen) atoms. The van der Waals surface area contributed by atoms with Crippen molar-refractivity contribution in [1.82, 2.24) is 10.6 Å². The van der Waals surface area contributed by atoms with Crippen LogP contribution in [0.4, 0.5) is 0 Å². The van der Waals surface area contributed by atoms with Gasteiger partial charge in [-0.1, -0.05) is 20.8 Å². The second-order valence-corrected chi connectivity index (χ2v) is 5.15. The first-order chi connectivity index (χ1) is 8.36. The third-order valence-corrected chi connectivity index (χ3v) is 2.57. The minimum absolute atomic E-state index is 0.0680. The molecule has 0 heterocycles. The molecule has 5 heteroatoms. The Balaban J connectivity index is 4.13. The first-order valence-corrected chi connectivity index (χ1v) is 6.62. The first-order valence-electron chi connectivity index (χ1n) is 6.62. The first kappa shape index (κ1) is 16.9. The van der Waals surface area contributed by atoms with Crippen LogP contribution in [0.2, 0.25) is 0 Å². The summed E-state index contributed by atoms with van der Waals surface area (Å²) >= 11 is 0. The van der Waals surface area contributed by atoms with Crippen molar-refractivity contribution in [1.29, 1.82) is 0 Å². The van der Waals surface area contributed by atoms with Crippen molar-refractivity contribution in [2.24, 2.45) is 5.92 Å². The van der Waals surface area contributed by atoms with E-state index in [2.05, 4.69) is 17.6 Å². The molecule has 0 fully saturated rings. The van der Waals surface area contributed by atoms with Gasteiger partial charge in [0.15, 0.2) is 0 Å². The zero-order valence-corrected chi connectivity index (χ0v) is 11.8. The van der Waals surface area contributed by atoms with E-state index in [9.17, 15) is 9.59 Å². The van der Waals surface area contributed by atoms with Gasteiger partial charge < -0.3 is 15.7 Å². The number of carbonyl (C=O) groups is 2. The smallest absolute Gasteiger partial charge is 0.326 e. The van der Waals surface area contributed by atoms with Crippen molar-refractivity contribution in [3.05, 3.63) is 0 Å². The zero-order chi connectivity index (χ0) is 14.1. The lowest BCUT2D eigenvalue weighted by Gasteiger charge is -2.18. The Morgan fingerprint density at radius 1 is 1.22 bits per heavy atom. The minimum Gasteiger partial charge on any atom is -0.480 e. The Hall–Kier alpha value is -1.10. The molecular formula is C13H26N2O3. The summed E-state index contributed by atoms with van der Waals surface area (Å²) in [4.78, 5) is 22.7. The Morgan fingerprint density at radius 3 is 2.28 bits per heavy atom. The van der Waals surface area contributed by atoms with Gasteiger partial charge in [0.1, 0.15) is 6.04 Å². The van der Waals surface area contributed by atoms with Crippen LogP contribution in [-0.4, -0.2) is 35.6 Å². The van der Waals surface area contributed by atoms with E-state index in [4.69, 9.17) is 5.11 Å². The molecule has 5 nitrogen and oxygen atoms in total. The molecule has 0 aliphatic carbocycles. The number of carboxylic acids is 1. The molecule has 106 valence electrons. The lowest BCUT2D eigenvalue weighted by molar-refractivity contribution is -0.142. The van der Waals surface area contributed by atoms with Gasteiger partial charge in [-0.25, -0.2) is 4.79 Å². The second-order valence-electron chi connectivity index (χ2n) is 5.15. The number of aliphatic carboxylic acids is 1. The van der Waals surface area contributed by atoms with Crippen LogP contribution in [0.15, 0.2) is 0 Å². The van der Waals surface area contributed by atoms with Crippen LogP contribution < -0.4 is 10.6 Å². The van der Waals surface area contributed by atoms with Gasteiger partial charge in [0.25, 0.3) is 0 Å². The van der Waals surface area contributed by atoms with E-state index < -0.39 is 12.0 Å². The summed E-state index contributed by atoms with van der Waals surface area (Å²) in [7, 11) is 0. The maximum Gasteiger partial charge on any atom is 0.326 e. The number of nitrogens with one attached hydrogen (secondary N) is 2. The Bertz CT molecular complexity index is 267. The van der Waals surface area contributed by atoms with Crippen molar-refractivity contribution >= 4 is 11.9 Å². The molecule has 0 saturated heterocycles. The molecule has 1 unspecified atom stereocenters. The van der Waals surface area contributed by atoms with Crippen molar-refractivity contribution < 1.29 is 14.7 Å². The highest BCUT2D eigenvalue weighted by Gasteiger charge is 2.21. The number of rotatable bonds is 9. The molecular weight excluding hydrogens is 232 g/mol. The van der Waals surface area contributed by atoms with Crippen molar-refractivity contribution in [3.8, 4) is 0 Å². The zero-order valence-electron chi connectivity index (χ0n) is 11.8. The maximum atomic E-state index is 11.7. The number of carboxylic acid groups (broad SMARTS) is 1. The molecule has 1 amide bonds. The van der Waals surface area contributed by atoms with E-state index in [-0.39, 0.29) is 17.9 Å². The van der Waals surface area contributed by atoms with Crippen LogP contribution in [-0.2, 0) is 9.59 Å². The molecule has 0 rings (SSSR count). The number of amides is 1. The fourth-order valence-corrected chi connectivity index (χ4v) is 1.69. The largest absolute Gasteiger partial charge is 0.480 e. The van der Waals surface area contributed by atoms with E-state index >= 15 is 0 Å². The molecule has 0 bridgehead atoms. The average Bonchev–Trinajstić information content (AvgIpc) is 2.24. The summed E-state index contributed by atoms with van der Waals surface area (Å²) in [5, 5.41) is 14.8. The lowest BCUT2D eigenvalue weighted by atomic mass is 10.0. The molecule has 2 atom stereocenters. The van der Waals surface area contributed by atoms with E-state index in [1.54, 1.807) is 0 Å². The Labute approximate surface area is 109 Å². The van der Waals surface area contributed by atoms with Crippen LogP contribution >= 0.6 is 0 Å². The SMILES string of the molecule is CCCNC(C)CC(=O)N[C@@H](CC(C)C)C(=O)O. The normalized spacial score (nSPS) is 14.3. The highest BCUT2D eigenvalue weighted by atomic mass is 16.4. The van der Waals surface area contributed by atoms with Gasteiger partial charge in [-0.3, -0.25) is 4.79 Å². The van der Waals surface area contributed by atoms with Gasteiger partial charge in [-0.05, 0) is 32.2 Å². The highest BCUT2D eigenvalue weighted by molar-refractivity contribution is 5.83. The molecule has 0 saturated carbocycles. The topological polar surface area (TPSA) is 78.4 Å². The van der Waals surface area contributed by atoms with Crippen molar-refractivity contribution in [2.45, 2.75) is 59.0 Å². The highest BCUT2D eigenvalue weighted by Crippen LogP contribution is 2.05. The van der Waals surface area contributed by atoms with E-state index in [0.29, 0.717) is 12.8 Å².